The first kappa shape index (κ1) is 22.1. The summed E-state index contributed by atoms with van der Waals surface area (Å²) in [6, 6.07) is 11.1. The molecule has 0 unspecified atom stereocenters. The van der Waals surface area contributed by atoms with Crippen LogP contribution in [-0.4, -0.2) is 56.8 Å². The Morgan fingerprint density at radius 1 is 1.03 bits per heavy atom. The number of para-hydroxylation sites is 1. The highest BCUT2D eigenvalue weighted by Gasteiger charge is 2.33. The molecule has 0 bridgehead atoms. The van der Waals surface area contributed by atoms with E-state index in [-0.39, 0.29) is 30.6 Å². The average Bonchev–Trinajstić information content (AvgIpc) is 3.37. The van der Waals surface area contributed by atoms with Crippen LogP contribution >= 0.6 is 0 Å². The van der Waals surface area contributed by atoms with Crippen molar-refractivity contribution in [3.63, 3.8) is 0 Å². The van der Waals surface area contributed by atoms with Gasteiger partial charge in [-0.05, 0) is 42.7 Å². The third kappa shape index (κ3) is 4.02. The van der Waals surface area contributed by atoms with Crippen LogP contribution in [0.3, 0.4) is 0 Å². The fourth-order valence-corrected chi connectivity index (χ4v) is 5.05. The summed E-state index contributed by atoms with van der Waals surface area (Å²) in [5.41, 5.74) is -0.230. The van der Waals surface area contributed by atoms with Crippen molar-refractivity contribution in [1.29, 1.82) is 0 Å². The normalized spacial score (nSPS) is 17.0. The summed E-state index contributed by atoms with van der Waals surface area (Å²) in [6.07, 6.45) is 4.22. The Labute approximate surface area is 194 Å². The quantitative estimate of drug-likeness (QED) is 0.640. The SMILES string of the molecule is O=C(c1cc(Cn2c(=O)[nH]c(=O)c3ccccc32)ccc1F)N1CCN(C2CCCC2)C(=O)C1. The molecular formula is C25H25FN4O4. The first-order chi connectivity index (χ1) is 16.4. The molecule has 8 nitrogen and oxygen atoms in total. The second-order valence-electron chi connectivity index (χ2n) is 8.93. The second kappa shape index (κ2) is 8.89. The van der Waals surface area contributed by atoms with Crippen molar-refractivity contribution >= 4 is 22.7 Å². The van der Waals surface area contributed by atoms with Gasteiger partial charge in [-0.1, -0.05) is 31.0 Å². The third-order valence-electron chi connectivity index (χ3n) is 6.82. The Hall–Kier alpha value is -3.75. The van der Waals surface area contributed by atoms with Gasteiger partial charge in [0, 0.05) is 19.1 Å². The summed E-state index contributed by atoms with van der Waals surface area (Å²) in [7, 11) is 0. The van der Waals surface area contributed by atoms with E-state index in [1.165, 1.54) is 27.7 Å². The molecule has 3 aromatic rings. The maximum absolute atomic E-state index is 14.7. The van der Waals surface area contributed by atoms with E-state index in [2.05, 4.69) is 4.98 Å². The van der Waals surface area contributed by atoms with Crippen molar-refractivity contribution in [3.05, 3.63) is 80.2 Å². The molecule has 1 aliphatic carbocycles. The topological polar surface area (TPSA) is 95.5 Å². The number of piperazine rings is 1. The molecule has 2 fully saturated rings. The van der Waals surface area contributed by atoms with Gasteiger partial charge < -0.3 is 9.80 Å². The molecule has 1 saturated heterocycles. The number of aromatic nitrogens is 2. The minimum atomic E-state index is -0.682. The Bertz CT molecular complexity index is 1390. The predicted octanol–water partition coefficient (Wildman–Crippen LogP) is 2.10. The Morgan fingerprint density at radius 3 is 2.56 bits per heavy atom. The van der Waals surface area contributed by atoms with Crippen LogP contribution in [0, 0.1) is 5.82 Å². The first-order valence-electron chi connectivity index (χ1n) is 11.5. The molecule has 1 N–H and O–H groups in total. The van der Waals surface area contributed by atoms with E-state index in [0.29, 0.717) is 29.6 Å². The summed E-state index contributed by atoms with van der Waals surface area (Å²) in [5.74, 6) is -1.33. The lowest BCUT2D eigenvalue weighted by molar-refractivity contribution is -0.137. The Kier molecular flexibility index (Phi) is 5.77. The standard InChI is InChI=1S/C25H25FN4O4/c26-20-10-9-16(14-30-21-8-4-3-7-18(21)23(32)27-25(30)34)13-19(20)24(33)28-11-12-29(22(31)15-28)17-5-1-2-6-17/h3-4,7-10,13,17H,1-2,5-6,11-12,14-15H2,(H,27,32,34). The number of halogens is 1. The molecule has 0 radical (unpaired) electrons. The number of hydrogen-bond acceptors (Lipinski definition) is 4. The lowest BCUT2D eigenvalue weighted by Gasteiger charge is -2.37. The number of aromatic amines is 1. The number of nitrogens with one attached hydrogen (secondary N) is 1. The molecule has 1 aliphatic heterocycles. The maximum atomic E-state index is 14.7. The van der Waals surface area contributed by atoms with Crippen molar-refractivity contribution in [1.82, 2.24) is 19.4 Å². The zero-order valence-corrected chi connectivity index (χ0v) is 18.6. The smallest absolute Gasteiger partial charge is 0.329 e. The zero-order valence-electron chi connectivity index (χ0n) is 18.6. The minimum absolute atomic E-state index is 0.0467. The lowest BCUT2D eigenvalue weighted by atomic mass is 10.1. The van der Waals surface area contributed by atoms with Crippen LogP contribution in [0.15, 0.2) is 52.1 Å². The molecule has 2 aliphatic rings. The molecule has 0 spiro atoms. The second-order valence-corrected chi connectivity index (χ2v) is 8.93. The van der Waals surface area contributed by atoms with E-state index in [9.17, 15) is 23.6 Å². The molecule has 176 valence electrons. The summed E-state index contributed by atoms with van der Waals surface area (Å²) < 4.78 is 16.0. The predicted molar refractivity (Wildman–Crippen MR) is 124 cm³/mol. The van der Waals surface area contributed by atoms with Gasteiger partial charge in [0.25, 0.3) is 11.5 Å². The fraction of sp³-hybridized carbons (Fsp3) is 0.360. The van der Waals surface area contributed by atoms with Crippen LogP contribution in [0.2, 0.25) is 0 Å². The minimum Gasteiger partial charge on any atom is -0.336 e. The van der Waals surface area contributed by atoms with Gasteiger partial charge in [-0.25, -0.2) is 9.18 Å². The Balaban J connectivity index is 1.39. The summed E-state index contributed by atoms with van der Waals surface area (Å²) in [4.78, 5) is 55.9. The van der Waals surface area contributed by atoms with Crippen molar-refractivity contribution < 1.29 is 14.0 Å². The zero-order chi connectivity index (χ0) is 23.8. The number of hydrogen-bond donors (Lipinski definition) is 1. The van der Waals surface area contributed by atoms with Crippen LogP contribution in [0.1, 0.15) is 41.6 Å². The van der Waals surface area contributed by atoms with Gasteiger partial charge in [0.2, 0.25) is 5.91 Å². The molecule has 2 aromatic carbocycles. The number of carbonyl (C=O) groups excluding carboxylic acids is 2. The number of fused-ring (bicyclic) bond motifs is 1. The molecule has 34 heavy (non-hydrogen) atoms. The van der Waals surface area contributed by atoms with Gasteiger partial charge in [-0.15, -0.1) is 0 Å². The van der Waals surface area contributed by atoms with E-state index < -0.39 is 23.0 Å². The van der Waals surface area contributed by atoms with Crippen LogP contribution in [0.4, 0.5) is 4.39 Å². The van der Waals surface area contributed by atoms with Crippen LogP contribution in [-0.2, 0) is 11.3 Å². The largest absolute Gasteiger partial charge is 0.336 e. The van der Waals surface area contributed by atoms with Crippen LogP contribution in [0.25, 0.3) is 10.9 Å². The van der Waals surface area contributed by atoms with Gasteiger partial charge in [0.05, 0.1) is 23.0 Å². The molecule has 2 amide bonds. The van der Waals surface area contributed by atoms with Gasteiger partial charge in [0.15, 0.2) is 0 Å². The van der Waals surface area contributed by atoms with E-state index in [0.717, 1.165) is 25.7 Å². The summed E-state index contributed by atoms with van der Waals surface area (Å²) in [6.45, 7) is 0.790. The van der Waals surface area contributed by atoms with Crippen LogP contribution in [0.5, 0.6) is 0 Å². The highest BCUT2D eigenvalue weighted by Crippen LogP contribution is 2.25. The van der Waals surface area contributed by atoms with E-state index >= 15 is 0 Å². The van der Waals surface area contributed by atoms with E-state index in [4.69, 9.17) is 0 Å². The van der Waals surface area contributed by atoms with Crippen molar-refractivity contribution in [2.24, 2.45) is 0 Å². The van der Waals surface area contributed by atoms with Gasteiger partial charge >= 0.3 is 5.69 Å². The van der Waals surface area contributed by atoms with Crippen molar-refractivity contribution in [2.75, 3.05) is 19.6 Å². The Morgan fingerprint density at radius 2 is 1.79 bits per heavy atom. The maximum Gasteiger partial charge on any atom is 0.329 e. The van der Waals surface area contributed by atoms with E-state index in [1.54, 1.807) is 24.3 Å². The molecule has 5 rings (SSSR count). The number of rotatable bonds is 4. The number of amides is 2. The number of nitrogens with zero attached hydrogens (tertiary/aromatic N) is 3. The molecule has 9 heteroatoms. The fourth-order valence-electron chi connectivity index (χ4n) is 5.05. The third-order valence-corrected chi connectivity index (χ3v) is 6.82. The van der Waals surface area contributed by atoms with Gasteiger partial charge in [0.1, 0.15) is 12.4 Å². The number of carbonyl (C=O) groups is 2. The monoisotopic (exact) mass is 464 g/mol. The molecule has 1 saturated carbocycles. The summed E-state index contributed by atoms with van der Waals surface area (Å²) >= 11 is 0. The van der Waals surface area contributed by atoms with Gasteiger partial charge in [-0.2, -0.15) is 0 Å². The highest BCUT2D eigenvalue weighted by atomic mass is 19.1. The van der Waals surface area contributed by atoms with Crippen molar-refractivity contribution in [3.8, 4) is 0 Å². The van der Waals surface area contributed by atoms with Gasteiger partial charge in [-0.3, -0.25) is 23.9 Å². The van der Waals surface area contributed by atoms with Crippen molar-refractivity contribution in [2.45, 2.75) is 38.3 Å². The number of benzene rings is 2. The molecule has 1 aromatic heterocycles. The molecule has 0 atom stereocenters. The highest BCUT2D eigenvalue weighted by molar-refractivity contribution is 5.97. The first-order valence-corrected chi connectivity index (χ1v) is 11.5. The van der Waals surface area contributed by atoms with Crippen LogP contribution < -0.4 is 11.2 Å². The van der Waals surface area contributed by atoms with E-state index in [1.807, 2.05) is 4.90 Å². The molecule has 2 heterocycles. The summed E-state index contributed by atoms with van der Waals surface area (Å²) in [5, 5.41) is 0.360. The molecular weight excluding hydrogens is 439 g/mol. The average molecular weight is 464 g/mol. The number of H-pyrrole nitrogens is 1. The lowest BCUT2D eigenvalue weighted by Crippen LogP contribution is -2.55.